The zero-order valence-electron chi connectivity index (χ0n) is 10.6. The van der Waals surface area contributed by atoms with Crippen molar-refractivity contribution in [3.05, 3.63) is 65.2 Å². The zero-order chi connectivity index (χ0) is 13.7. The molecule has 0 radical (unpaired) electrons. The molecule has 2 aromatic rings. The van der Waals surface area contributed by atoms with Crippen molar-refractivity contribution < 1.29 is 14.3 Å². The van der Waals surface area contributed by atoms with Crippen LogP contribution in [0.1, 0.15) is 26.3 Å². The Hall–Kier alpha value is -2.42. The van der Waals surface area contributed by atoms with Gasteiger partial charge in [0.2, 0.25) is 0 Å². The fourth-order valence-electron chi connectivity index (χ4n) is 1.61. The van der Waals surface area contributed by atoms with Crippen LogP contribution in [0.25, 0.3) is 0 Å². The lowest BCUT2D eigenvalue weighted by molar-refractivity contribution is 0.0921. The summed E-state index contributed by atoms with van der Waals surface area (Å²) in [5.41, 5.74) is 2.23. The molecule has 0 heterocycles. The number of ether oxygens (including phenoxy) is 1. The predicted molar refractivity (Wildman–Crippen MR) is 72.8 cm³/mol. The largest absolute Gasteiger partial charge is 0.485 e. The standard InChI is InChI=1S/C16H14O3/c1-12-2-8-15(9-3-12)19-11-16(18)14-6-4-13(10-17)5-7-14/h2-10H,11H2,1H3. The Morgan fingerprint density at radius 1 is 1.05 bits per heavy atom. The van der Waals surface area contributed by atoms with Crippen LogP contribution < -0.4 is 4.74 Å². The van der Waals surface area contributed by atoms with Crippen LogP contribution in [0.5, 0.6) is 5.75 Å². The molecular formula is C16H14O3. The number of ketones is 1. The summed E-state index contributed by atoms with van der Waals surface area (Å²) in [6, 6.07) is 14.0. The van der Waals surface area contributed by atoms with Gasteiger partial charge in [0.05, 0.1) is 0 Å². The van der Waals surface area contributed by atoms with Crippen molar-refractivity contribution in [2.45, 2.75) is 6.92 Å². The van der Waals surface area contributed by atoms with Gasteiger partial charge in [-0.15, -0.1) is 0 Å². The summed E-state index contributed by atoms with van der Waals surface area (Å²) < 4.78 is 5.41. The predicted octanol–water partition coefficient (Wildman–Crippen LogP) is 3.07. The van der Waals surface area contributed by atoms with Crippen molar-refractivity contribution in [1.82, 2.24) is 0 Å². The van der Waals surface area contributed by atoms with E-state index in [0.29, 0.717) is 16.9 Å². The summed E-state index contributed by atoms with van der Waals surface area (Å²) in [5, 5.41) is 0. The molecule has 0 N–H and O–H groups in total. The first-order valence-electron chi connectivity index (χ1n) is 5.97. The van der Waals surface area contributed by atoms with Gasteiger partial charge in [-0.1, -0.05) is 42.0 Å². The third kappa shape index (κ3) is 3.52. The summed E-state index contributed by atoms with van der Waals surface area (Å²) in [5.74, 6) is 0.557. The van der Waals surface area contributed by atoms with Crippen LogP contribution in [0.2, 0.25) is 0 Å². The Bertz CT molecular complexity index is 568. The molecule has 0 amide bonds. The van der Waals surface area contributed by atoms with Crippen molar-refractivity contribution in [3.63, 3.8) is 0 Å². The number of carbonyl (C=O) groups excluding carboxylic acids is 2. The molecule has 0 bridgehead atoms. The van der Waals surface area contributed by atoms with E-state index in [0.717, 1.165) is 11.8 Å². The molecule has 0 atom stereocenters. The second kappa shape index (κ2) is 5.96. The summed E-state index contributed by atoms with van der Waals surface area (Å²) in [6.07, 6.45) is 0.747. The highest BCUT2D eigenvalue weighted by Gasteiger charge is 2.06. The van der Waals surface area contributed by atoms with Crippen molar-refractivity contribution in [3.8, 4) is 5.75 Å². The smallest absolute Gasteiger partial charge is 0.200 e. The zero-order valence-corrected chi connectivity index (χ0v) is 10.6. The Morgan fingerprint density at radius 3 is 2.26 bits per heavy atom. The van der Waals surface area contributed by atoms with Crippen LogP contribution in [0, 0.1) is 6.92 Å². The summed E-state index contributed by atoms with van der Waals surface area (Å²) in [6.45, 7) is 1.98. The van der Waals surface area contributed by atoms with E-state index >= 15 is 0 Å². The fourth-order valence-corrected chi connectivity index (χ4v) is 1.61. The normalized spacial score (nSPS) is 9.95. The molecule has 0 aliphatic heterocycles. The van der Waals surface area contributed by atoms with E-state index in [-0.39, 0.29) is 12.4 Å². The minimum absolute atomic E-state index is 0.0104. The van der Waals surface area contributed by atoms with Crippen molar-refractivity contribution in [2.75, 3.05) is 6.61 Å². The van der Waals surface area contributed by atoms with Crippen molar-refractivity contribution in [1.29, 1.82) is 0 Å². The molecule has 19 heavy (non-hydrogen) atoms. The van der Waals surface area contributed by atoms with Crippen LogP contribution in [0.4, 0.5) is 0 Å². The maximum absolute atomic E-state index is 11.9. The molecule has 3 nitrogen and oxygen atoms in total. The van der Waals surface area contributed by atoms with Gasteiger partial charge in [0.25, 0.3) is 0 Å². The molecule has 2 rings (SSSR count). The summed E-state index contributed by atoms with van der Waals surface area (Å²) >= 11 is 0. The first kappa shape index (κ1) is 13.0. The maximum atomic E-state index is 11.9. The topological polar surface area (TPSA) is 43.4 Å². The second-order valence-electron chi connectivity index (χ2n) is 4.26. The second-order valence-corrected chi connectivity index (χ2v) is 4.26. The lowest BCUT2D eigenvalue weighted by Gasteiger charge is -2.06. The molecule has 0 saturated heterocycles. The van der Waals surface area contributed by atoms with E-state index in [4.69, 9.17) is 4.74 Å². The molecule has 0 aliphatic carbocycles. The van der Waals surface area contributed by atoms with Gasteiger partial charge < -0.3 is 4.74 Å². The van der Waals surface area contributed by atoms with E-state index < -0.39 is 0 Å². The highest BCUT2D eigenvalue weighted by Crippen LogP contribution is 2.12. The van der Waals surface area contributed by atoms with Crippen molar-refractivity contribution in [2.24, 2.45) is 0 Å². The van der Waals surface area contributed by atoms with Crippen LogP contribution in [-0.4, -0.2) is 18.7 Å². The lowest BCUT2D eigenvalue weighted by atomic mass is 10.1. The van der Waals surface area contributed by atoms with Gasteiger partial charge >= 0.3 is 0 Å². The molecule has 96 valence electrons. The van der Waals surface area contributed by atoms with Gasteiger partial charge in [-0.2, -0.15) is 0 Å². The highest BCUT2D eigenvalue weighted by atomic mass is 16.5. The van der Waals surface area contributed by atoms with E-state index in [2.05, 4.69) is 0 Å². The third-order valence-corrected chi connectivity index (χ3v) is 2.76. The fraction of sp³-hybridized carbons (Fsp3) is 0.125. The van der Waals surface area contributed by atoms with Crippen molar-refractivity contribution >= 4 is 12.1 Å². The molecule has 0 aliphatic rings. The number of carbonyl (C=O) groups is 2. The lowest BCUT2D eigenvalue weighted by Crippen LogP contribution is -2.11. The molecular weight excluding hydrogens is 240 g/mol. The quantitative estimate of drug-likeness (QED) is 0.608. The van der Waals surface area contributed by atoms with E-state index in [1.165, 1.54) is 0 Å². The summed E-state index contributed by atoms with van der Waals surface area (Å²) in [7, 11) is 0. The minimum Gasteiger partial charge on any atom is -0.485 e. The number of Topliss-reactive ketones (excluding diaryl/α,β-unsaturated/α-hetero) is 1. The molecule has 3 heteroatoms. The van der Waals surface area contributed by atoms with E-state index in [1.807, 2.05) is 31.2 Å². The van der Waals surface area contributed by atoms with Gasteiger partial charge in [0.15, 0.2) is 12.4 Å². The molecule has 0 fully saturated rings. The third-order valence-electron chi connectivity index (χ3n) is 2.76. The average Bonchev–Trinajstić information content (AvgIpc) is 2.46. The summed E-state index contributed by atoms with van der Waals surface area (Å²) in [4.78, 5) is 22.4. The number of hydrogen-bond acceptors (Lipinski definition) is 3. The molecule has 2 aromatic carbocycles. The van der Waals surface area contributed by atoms with E-state index in [1.54, 1.807) is 24.3 Å². The monoisotopic (exact) mass is 254 g/mol. The van der Waals surface area contributed by atoms with E-state index in [9.17, 15) is 9.59 Å². The van der Waals surface area contributed by atoms with Gasteiger partial charge in [-0.25, -0.2) is 0 Å². The Kier molecular flexibility index (Phi) is 4.08. The number of rotatable bonds is 5. The Balaban J connectivity index is 1.96. The van der Waals surface area contributed by atoms with Crippen LogP contribution in [-0.2, 0) is 0 Å². The SMILES string of the molecule is Cc1ccc(OCC(=O)c2ccc(C=O)cc2)cc1. The Morgan fingerprint density at radius 2 is 1.68 bits per heavy atom. The van der Waals surface area contributed by atoms with Gasteiger partial charge in [-0.3, -0.25) is 9.59 Å². The number of benzene rings is 2. The van der Waals surface area contributed by atoms with Crippen LogP contribution in [0.15, 0.2) is 48.5 Å². The molecule has 0 unspecified atom stereocenters. The average molecular weight is 254 g/mol. The molecule has 0 aromatic heterocycles. The van der Waals surface area contributed by atoms with Crippen LogP contribution in [0.3, 0.4) is 0 Å². The minimum atomic E-state index is -0.113. The number of aldehydes is 1. The first-order chi connectivity index (χ1) is 9.19. The van der Waals surface area contributed by atoms with Gasteiger partial charge in [0, 0.05) is 11.1 Å². The number of hydrogen-bond donors (Lipinski definition) is 0. The molecule has 0 spiro atoms. The van der Waals surface area contributed by atoms with Gasteiger partial charge in [-0.05, 0) is 19.1 Å². The number of aryl methyl sites for hydroxylation is 1. The first-order valence-corrected chi connectivity index (χ1v) is 5.97. The molecule has 0 saturated carbocycles. The van der Waals surface area contributed by atoms with Crippen LogP contribution >= 0.6 is 0 Å². The maximum Gasteiger partial charge on any atom is 0.200 e. The highest BCUT2D eigenvalue weighted by molar-refractivity contribution is 5.97. The van der Waals surface area contributed by atoms with Gasteiger partial charge in [0.1, 0.15) is 12.0 Å². The Labute approximate surface area is 111 Å².